The Morgan fingerprint density at radius 3 is 2.48 bits per heavy atom. The number of anilines is 2. The van der Waals surface area contributed by atoms with Crippen molar-refractivity contribution in [1.29, 1.82) is 0 Å². The van der Waals surface area contributed by atoms with Crippen LogP contribution in [0.2, 0.25) is 5.02 Å². The van der Waals surface area contributed by atoms with E-state index in [0.717, 1.165) is 17.2 Å². The zero-order valence-electron chi connectivity index (χ0n) is 16.8. The number of aromatic nitrogens is 4. The average molecular weight is 462 g/mol. The van der Waals surface area contributed by atoms with Crippen molar-refractivity contribution in [2.45, 2.75) is 0 Å². The third kappa shape index (κ3) is 3.92. The molecule has 0 aliphatic heterocycles. The molecule has 162 valence electrons. The molecule has 0 aliphatic carbocycles. The molecule has 0 aliphatic rings. The van der Waals surface area contributed by atoms with Gasteiger partial charge in [0.25, 0.3) is 0 Å². The molecule has 0 unspecified atom stereocenters. The van der Waals surface area contributed by atoms with E-state index in [0.29, 0.717) is 16.1 Å². The Hall–Kier alpha value is -4.17. The van der Waals surface area contributed by atoms with Crippen molar-refractivity contribution < 1.29 is 13.6 Å². The van der Waals surface area contributed by atoms with Crippen LogP contribution in [-0.4, -0.2) is 25.7 Å². The van der Waals surface area contributed by atoms with Crippen LogP contribution in [0.5, 0.6) is 0 Å². The first kappa shape index (κ1) is 20.7. The van der Waals surface area contributed by atoms with Crippen LogP contribution >= 0.6 is 11.6 Å². The summed E-state index contributed by atoms with van der Waals surface area (Å²) in [7, 11) is 0. The quantitative estimate of drug-likeness (QED) is 0.317. The molecule has 5 aromatic rings. The monoisotopic (exact) mass is 461 g/mol. The van der Waals surface area contributed by atoms with Gasteiger partial charge in [-0.2, -0.15) is 0 Å². The third-order valence-corrected chi connectivity index (χ3v) is 5.34. The van der Waals surface area contributed by atoms with E-state index in [1.807, 2.05) is 12.1 Å². The molecule has 3 aromatic heterocycles. The molecule has 0 bridgehead atoms. The third-order valence-electron chi connectivity index (χ3n) is 5.08. The summed E-state index contributed by atoms with van der Waals surface area (Å²) < 4.78 is 29.9. The minimum Gasteiger partial charge on any atom is -0.345 e. The number of nitrogens with zero attached hydrogens (tertiary/aromatic N) is 3. The lowest BCUT2D eigenvalue weighted by Gasteiger charge is -2.10. The Labute approximate surface area is 191 Å². The number of hydrogen-bond donors (Lipinski definition) is 2. The molecule has 0 radical (unpaired) electrons. The Morgan fingerprint density at radius 1 is 0.970 bits per heavy atom. The van der Waals surface area contributed by atoms with Gasteiger partial charge in [-0.25, -0.2) is 23.7 Å². The first-order valence-electron chi connectivity index (χ1n) is 9.81. The van der Waals surface area contributed by atoms with Gasteiger partial charge in [-0.3, -0.25) is 4.79 Å². The fourth-order valence-corrected chi connectivity index (χ4v) is 3.59. The van der Waals surface area contributed by atoms with Crippen LogP contribution in [0.15, 0.2) is 73.3 Å². The molecule has 0 saturated heterocycles. The highest BCUT2D eigenvalue weighted by Crippen LogP contribution is 2.30. The van der Waals surface area contributed by atoms with Gasteiger partial charge in [-0.05, 0) is 42.0 Å². The van der Waals surface area contributed by atoms with E-state index in [9.17, 15) is 9.18 Å². The maximum atomic E-state index is 15.2. The first-order chi connectivity index (χ1) is 16.0. The van der Waals surface area contributed by atoms with Crippen LogP contribution in [-0.2, 0) is 0 Å². The van der Waals surface area contributed by atoms with E-state index < -0.39 is 23.0 Å². The summed E-state index contributed by atoms with van der Waals surface area (Å²) in [6.07, 6.45) is 5.98. The summed E-state index contributed by atoms with van der Waals surface area (Å²) in [5.74, 6) is -2.72. The van der Waals surface area contributed by atoms with Gasteiger partial charge in [0.15, 0.2) is 5.82 Å². The van der Waals surface area contributed by atoms with Crippen molar-refractivity contribution in [2.24, 2.45) is 0 Å². The molecule has 0 atom stereocenters. The molecule has 3 heterocycles. The normalized spacial score (nSPS) is 11.0. The lowest BCUT2D eigenvalue weighted by atomic mass is 9.99. The predicted octanol–water partition coefficient (Wildman–Crippen LogP) is 5.93. The number of aromatic amines is 1. The zero-order chi connectivity index (χ0) is 22.9. The van der Waals surface area contributed by atoms with Crippen molar-refractivity contribution in [3.63, 3.8) is 0 Å². The SMILES string of the molecule is O=C(c1c(F)ccc(Nc2ncccn2)c1F)c1c[nH]c2ncc(-c3ccc(Cl)cc3)cc12. The number of H-pyrrole nitrogens is 1. The summed E-state index contributed by atoms with van der Waals surface area (Å²) in [6.45, 7) is 0. The summed E-state index contributed by atoms with van der Waals surface area (Å²) in [4.78, 5) is 28.4. The van der Waals surface area contributed by atoms with E-state index in [1.54, 1.807) is 30.5 Å². The number of hydrogen-bond acceptors (Lipinski definition) is 5. The molecule has 33 heavy (non-hydrogen) atoms. The Kier molecular flexibility index (Phi) is 5.27. The highest BCUT2D eigenvalue weighted by atomic mass is 35.5. The largest absolute Gasteiger partial charge is 0.345 e. The van der Waals surface area contributed by atoms with Gasteiger partial charge in [0, 0.05) is 46.3 Å². The fourth-order valence-electron chi connectivity index (χ4n) is 3.47. The highest BCUT2D eigenvalue weighted by Gasteiger charge is 2.25. The van der Waals surface area contributed by atoms with Crippen LogP contribution in [0.25, 0.3) is 22.2 Å². The summed E-state index contributed by atoms with van der Waals surface area (Å²) in [6, 6.07) is 12.7. The van der Waals surface area contributed by atoms with Crippen molar-refractivity contribution in [3.05, 3.63) is 101 Å². The van der Waals surface area contributed by atoms with Gasteiger partial charge in [-0.15, -0.1) is 0 Å². The lowest BCUT2D eigenvalue weighted by molar-refractivity contribution is 0.103. The Balaban J connectivity index is 1.56. The number of nitrogens with one attached hydrogen (secondary N) is 2. The second kappa shape index (κ2) is 8.40. The van der Waals surface area contributed by atoms with E-state index in [-0.39, 0.29) is 17.2 Å². The molecule has 6 nitrogen and oxygen atoms in total. The molecule has 9 heteroatoms. The molecular formula is C24H14ClF2N5O. The number of rotatable bonds is 5. The number of halogens is 3. The van der Waals surface area contributed by atoms with Crippen LogP contribution in [0, 0.1) is 11.6 Å². The second-order valence-corrected chi connectivity index (χ2v) is 7.58. The number of carbonyl (C=O) groups is 1. The smallest absolute Gasteiger partial charge is 0.227 e. The molecule has 0 spiro atoms. The van der Waals surface area contributed by atoms with E-state index in [1.165, 1.54) is 24.7 Å². The van der Waals surface area contributed by atoms with Gasteiger partial charge < -0.3 is 10.3 Å². The summed E-state index contributed by atoms with van der Waals surface area (Å²) in [5.41, 5.74) is 1.27. The molecule has 2 aromatic carbocycles. The summed E-state index contributed by atoms with van der Waals surface area (Å²) in [5, 5.41) is 3.69. The first-order valence-corrected chi connectivity index (χ1v) is 10.2. The second-order valence-electron chi connectivity index (χ2n) is 7.14. The Morgan fingerprint density at radius 2 is 1.73 bits per heavy atom. The van der Waals surface area contributed by atoms with E-state index >= 15 is 4.39 Å². The molecule has 5 rings (SSSR count). The molecule has 0 saturated carbocycles. The summed E-state index contributed by atoms with van der Waals surface area (Å²) >= 11 is 5.96. The van der Waals surface area contributed by atoms with Crippen LogP contribution in [0.1, 0.15) is 15.9 Å². The van der Waals surface area contributed by atoms with Crippen LogP contribution in [0.4, 0.5) is 20.4 Å². The number of pyridine rings is 1. The predicted molar refractivity (Wildman–Crippen MR) is 122 cm³/mol. The molecule has 2 N–H and O–H groups in total. The average Bonchev–Trinajstić information content (AvgIpc) is 3.25. The van der Waals surface area contributed by atoms with Crippen molar-refractivity contribution in [3.8, 4) is 11.1 Å². The lowest BCUT2D eigenvalue weighted by Crippen LogP contribution is -2.10. The highest BCUT2D eigenvalue weighted by molar-refractivity contribution is 6.30. The maximum Gasteiger partial charge on any atom is 0.227 e. The van der Waals surface area contributed by atoms with E-state index in [2.05, 4.69) is 25.3 Å². The van der Waals surface area contributed by atoms with Gasteiger partial charge in [0.05, 0.1) is 11.3 Å². The van der Waals surface area contributed by atoms with Crippen molar-refractivity contribution in [1.82, 2.24) is 19.9 Å². The number of fused-ring (bicyclic) bond motifs is 1. The maximum absolute atomic E-state index is 15.2. The van der Waals surface area contributed by atoms with Gasteiger partial charge >= 0.3 is 0 Å². The van der Waals surface area contributed by atoms with E-state index in [4.69, 9.17) is 11.6 Å². The molecular weight excluding hydrogens is 448 g/mol. The number of carbonyl (C=O) groups excluding carboxylic acids is 1. The number of benzene rings is 2. The van der Waals surface area contributed by atoms with Crippen molar-refractivity contribution in [2.75, 3.05) is 5.32 Å². The molecule has 0 fully saturated rings. The van der Waals surface area contributed by atoms with Crippen LogP contribution < -0.4 is 5.32 Å². The topological polar surface area (TPSA) is 83.6 Å². The van der Waals surface area contributed by atoms with Crippen LogP contribution in [0.3, 0.4) is 0 Å². The van der Waals surface area contributed by atoms with Gasteiger partial charge in [0.2, 0.25) is 11.7 Å². The minimum atomic E-state index is -1.04. The number of ketones is 1. The van der Waals surface area contributed by atoms with Gasteiger partial charge in [-0.1, -0.05) is 23.7 Å². The molecule has 0 amide bonds. The zero-order valence-corrected chi connectivity index (χ0v) is 17.6. The fraction of sp³-hybridized carbons (Fsp3) is 0. The Bertz CT molecular complexity index is 1490. The van der Waals surface area contributed by atoms with Crippen molar-refractivity contribution >= 4 is 40.1 Å². The minimum absolute atomic E-state index is 0.0965. The van der Waals surface area contributed by atoms with Gasteiger partial charge in [0.1, 0.15) is 11.5 Å². The standard InChI is InChI=1S/C24H14ClF2N5O/c25-15-4-2-13(3-5-15)14-10-16-17(12-31-23(16)30-11-14)22(33)20-18(26)6-7-19(21(20)27)32-24-28-8-1-9-29-24/h1-12H,(H,30,31)(H,28,29,32).